The van der Waals surface area contributed by atoms with Crippen LogP contribution in [0.1, 0.15) is 5.56 Å². The van der Waals surface area contributed by atoms with Crippen LogP contribution in [-0.2, 0) is 11.2 Å². The van der Waals surface area contributed by atoms with Crippen LogP contribution in [0.15, 0.2) is 41.9 Å². The second-order valence-corrected chi connectivity index (χ2v) is 4.61. The van der Waals surface area contributed by atoms with Crippen molar-refractivity contribution in [2.24, 2.45) is 5.92 Å². The summed E-state index contributed by atoms with van der Waals surface area (Å²) in [7, 11) is 0. The van der Waals surface area contributed by atoms with Crippen LogP contribution in [0.25, 0.3) is 0 Å². The lowest BCUT2D eigenvalue weighted by Crippen LogP contribution is -2.22. The molecule has 0 saturated heterocycles. The van der Waals surface area contributed by atoms with Crippen LogP contribution in [0.3, 0.4) is 0 Å². The van der Waals surface area contributed by atoms with Gasteiger partial charge in [-0.1, -0.05) is 30.3 Å². The first-order valence-corrected chi connectivity index (χ1v) is 6.21. The molecule has 3 nitrogen and oxygen atoms in total. The SMILES string of the molecule is [CH2][C@@H](Cc1ccccc1)C(=O)Nc1nccs1. The van der Waals surface area contributed by atoms with E-state index in [0.717, 1.165) is 5.56 Å². The molecule has 1 amide bonds. The Bertz CT molecular complexity index is 467. The number of thiazole rings is 1. The van der Waals surface area contributed by atoms with Crippen LogP contribution in [0, 0.1) is 12.8 Å². The topological polar surface area (TPSA) is 42.0 Å². The third-order valence-corrected chi connectivity index (χ3v) is 3.05. The van der Waals surface area contributed by atoms with Crippen molar-refractivity contribution in [1.82, 2.24) is 4.98 Å². The molecule has 0 aliphatic heterocycles. The van der Waals surface area contributed by atoms with Gasteiger partial charge in [0, 0.05) is 17.5 Å². The summed E-state index contributed by atoms with van der Waals surface area (Å²) in [6, 6.07) is 9.86. The van der Waals surface area contributed by atoms with E-state index in [4.69, 9.17) is 0 Å². The van der Waals surface area contributed by atoms with Gasteiger partial charge in [0.05, 0.1) is 0 Å². The Balaban J connectivity index is 1.92. The fourth-order valence-corrected chi connectivity index (χ4v) is 2.02. The third kappa shape index (κ3) is 3.39. The van der Waals surface area contributed by atoms with E-state index in [0.29, 0.717) is 11.6 Å². The smallest absolute Gasteiger partial charge is 0.229 e. The number of aromatic nitrogens is 1. The van der Waals surface area contributed by atoms with Gasteiger partial charge in [0.1, 0.15) is 0 Å². The molecule has 1 atom stereocenters. The molecule has 1 aromatic carbocycles. The van der Waals surface area contributed by atoms with Crippen LogP contribution in [0.2, 0.25) is 0 Å². The second kappa shape index (κ2) is 5.59. The van der Waals surface area contributed by atoms with E-state index in [-0.39, 0.29) is 11.8 Å². The first kappa shape index (κ1) is 11.8. The fraction of sp³-hybridized carbons (Fsp3) is 0.154. The van der Waals surface area contributed by atoms with Gasteiger partial charge >= 0.3 is 0 Å². The minimum absolute atomic E-state index is 0.0937. The van der Waals surface area contributed by atoms with Crippen molar-refractivity contribution in [1.29, 1.82) is 0 Å². The molecule has 0 saturated carbocycles. The molecular formula is C13H13N2OS. The summed E-state index contributed by atoms with van der Waals surface area (Å²) in [6.07, 6.45) is 2.30. The predicted molar refractivity (Wildman–Crippen MR) is 69.7 cm³/mol. The van der Waals surface area contributed by atoms with Crippen molar-refractivity contribution in [3.05, 3.63) is 54.4 Å². The number of amides is 1. The number of anilines is 1. The van der Waals surface area contributed by atoms with E-state index in [1.54, 1.807) is 6.20 Å². The Hall–Kier alpha value is -1.68. The summed E-state index contributed by atoms with van der Waals surface area (Å²) in [5.74, 6) is -0.398. The van der Waals surface area contributed by atoms with E-state index >= 15 is 0 Å². The fourth-order valence-electron chi connectivity index (χ4n) is 1.48. The Labute approximate surface area is 105 Å². The van der Waals surface area contributed by atoms with Crippen molar-refractivity contribution >= 4 is 22.4 Å². The van der Waals surface area contributed by atoms with Gasteiger partial charge in [0.15, 0.2) is 5.13 Å². The Morgan fingerprint density at radius 1 is 1.41 bits per heavy atom. The van der Waals surface area contributed by atoms with Crippen LogP contribution in [0.4, 0.5) is 5.13 Å². The zero-order valence-electron chi connectivity index (χ0n) is 9.30. The number of carbonyl (C=O) groups excluding carboxylic acids is 1. The average Bonchev–Trinajstić information content (AvgIpc) is 2.83. The van der Waals surface area contributed by atoms with E-state index in [1.165, 1.54) is 11.3 Å². The highest BCUT2D eigenvalue weighted by Gasteiger charge is 2.14. The van der Waals surface area contributed by atoms with E-state index < -0.39 is 0 Å². The molecule has 17 heavy (non-hydrogen) atoms. The number of rotatable bonds is 4. The first-order chi connectivity index (χ1) is 8.25. The van der Waals surface area contributed by atoms with Gasteiger partial charge in [-0.05, 0) is 18.9 Å². The van der Waals surface area contributed by atoms with Crippen LogP contribution in [-0.4, -0.2) is 10.9 Å². The molecule has 0 aliphatic rings. The second-order valence-electron chi connectivity index (χ2n) is 3.71. The van der Waals surface area contributed by atoms with Crippen molar-refractivity contribution in [2.45, 2.75) is 6.42 Å². The number of hydrogen-bond donors (Lipinski definition) is 1. The van der Waals surface area contributed by atoms with E-state index in [1.807, 2.05) is 35.7 Å². The average molecular weight is 245 g/mol. The molecule has 1 heterocycles. The number of hydrogen-bond acceptors (Lipinski definition) is 3. The summed E-state index contributed by atoms with van der Waals surface area (Å²) in [4.78, 5) is 15.8. The van der Waals surface area contributed by atoms with Crippen molar-refractivity contribution in [3.63, 3.8) is 0 Å². The van der Waals surface area contributed by atoms with Gasteiger partial charge in [-0.2, -0.15) is 0 Å². The van der Waals surface area contributed by atoms with Crippen LogP contribution < -0.4 is 5.32 Å². The van der Waals surface area contributed by atoms with Gasteiger partial charge in [-0.25, -0.2) is 4.98 Å². The van der Waals surface area contributed by atoms with Crippen molar-refractivity contribution in [2.75, 3.05) is 5.32 Å². The number of nitrogens with zero attached hydrogens (tertiary/aromatic N) is 1. The molecule has 0 unspecified atom stereocenters. The number of carbonyl (C=O) groups is 1. The molecular weight excluding hydrogens is 232 g/mol. The standard InChI is InChI=1S/C13H13N2OS/c1-10(9-11-5-3-2-4-6-11)12(16)15-13-14-7-8-17-13/h2-8,10H,1,9H2,(H,14,15,16)/t10-/m0/s1. The predicted octanol–water partition coefficient (Wildman–Crippen LogP) is 2.77. The minimum atomic E-state index is -0.304. The Kier molecular flexibility index (Phi) is 3.88. The molecule has 1 N–H and O–H groups in total. The molecule has 4 heteroatoms. The normalized spacial score (nSPS) is 12.1. The van der Waals surface area contributed by atoms with Gasteiger partial charge in [-0.3, -0.25) is 4.79 Å². The molecule has 0 aliphatic carbocycles. The lowest BCUT2D eigenvalue weighted by atomic mass is 10.0. The largest absolute Gasteiger partial charge is 0.302 e. The van der Waals surface area contributed by atoms with Crippen molar-refractivity contribution in [3.8, 4) is 0 Å². The van der Waals surface area contributed by atoms with Gasteiger partial charge in [-0.15, -0.1) is 11.3 Å². The minimum Gasteiger partial charge on any atom is -0.302 e. The summed E-state index contributed by atoms with van der Waals surface area (Å²) in [5.41, 5.74) is 1.11. The lowest BCUT2D eigenvalue weighted by Gasteiger charge is -2.10. The third-order valence-electron chi connectivity index (χ3n) is 2.36. The molecule has 1 radical (unpaired) electrons. The Morgan fingerprint density at radius 2 is 2.18 bits per heavy atom. The highest BCUT2D eigenvalue weighted by atomic mass is 32.1. The van der Waals surface area contributed by atoms with Gasteiger partial charge < -0.3 is 5.32 Å². The van der Waals surface area contributed by atoms with E-state index in [9.17, 15) is 4.79 Å². The van der Waals surface area contributed by atoms with E-state index in [2.05, 4.69) is 17.2 Å². The molecule has 0 bridgehead atoms. The lowest BCUT2D eigenvalue weighted by molar-refractivity contribution is -0.118. The van der Waals surface area contributed by atoms with Crippen molar-refractivity contribution < 1.29 is 4.79 Å². The molecule has 0 spiro atoms. The van der Waals surface area contributed by atoms with Gasteiger partial charge in [0.25, 0.3) is 0 Å². The zero-order chi connectivity index (χ0) is 12.1. The molecule has 1 aromatic heterocycles. The quantitative estimate of drug-likeness (QED) is 0.900. The maximum Gasteiger partial charge on any atom is 0.229 e. The molecule has 2 aromatic rings. The number of benzene rings is 1. The number of nitrogens with one attached hydrogen (secondary N) is 1. The summed E-state index contributed by atoms with van der Waals surface area (Å²) in [6.45, 7) is 3.88. The summed E-state index contributed by atoms with van der Waals surface area (Å²) < 4.78 is 0. The Morgan fingerprint density at radius 3 is 2.82 bits per heavy atom. The first-order valence-electron chi connectivity index (χ1n) is 5.33. The zero-order valence-corrected chi connectivity index (χ0v) is 10.1. The summed E-state index contributed by atoms with van der Waals surface area (Å²) in [5, 5.41) is 5.19. The summed E-state index contributed by atoms with van der Waals surface area (Å²) >= 11 is 1.40. The molecule has 87 valence electrons. The maximum atomic E-state index is 11.8. The molecule has 0 fully saturated rings. The van der Waals surface area contributed by atoms with Gasteiger partial charge in [0.2, 0.25) is 5.91 Å². The van der Waals surface area contributed by atoms with Crippen LogP contribution in [0.5, 0.6) is 0 Å². The highest BCUT2D eigenvalue weighted by molar-refractivity contribution is 7.13. The maximum absolute atomic E-state index is 11.8. The highest BCUT2D eigenvalue weighted by Crippen LogP contribution is 2.14. The monoisotopic (exact) mass is 245 g/mol. The van der Waals surface area contributed by atoms with Crippen LogP contribution >= 0.6 is 11.3 Å². The molecule has 2 rings (SSSR count).